The molecule has 1 aliphatic carbocycles. The molecule has 3 N–H and O–H groups in total. The van der Waals surface area contributed by atoms with Gasteiger partial charge in [-0.3, -0.25) is 0 Å². The van der Waals surface area contributed by atoms with Gasteiger partial charge in [-0.15, -0.1) is 0 Å². The fourth-order valence-corrected chi connectivity index (χ4v) is 2.08. The summed E-state index contributed by atoms with van der Waals surface area (Å²) in [5.41, 5.74) is 6.08. The zero-order valence-electron chi connectivity index (χ0n) is 7.38. The van der Waals surface area contributed by atoms with E-state index < -0.39 is 0 Å². The van der Waals surface area contributed by atoms with E-state index in [-0.39, 0.29) is 5.54 Å². The second-order valence-corrected chi connectivity index (χ2v) is 3.77. The van der Waals surface area contributed by atoms with Gasteiger partial charge in [-0.1, -0.05) is 13.3 Å². The number of hydrogen-bond donors (Lipinski definition) is 2. The highest BCUT2D eigenvalue weighted by Crippen LogP contribution is 2.39. The minimum atomic E-state index is -0.191. The molecule has 0 unspecified atom stereocenters. The number of nitrogens with zero attached hydrogens (tertiary/aromatic N) is 1. The third-order valence-electron chi connectivity index (χ3n) is 3.05. The number of imidazole rings is 1. The number of H-pyrrole nitrogens is 1. The third-order valence-corrected chi connectivity index (χ3v) is 3.05. The monoisotopic (exact) mass is 165 g/mol. The van der Waals surface area contributed by atoms with Crippen LogP contribution in [0, 0.1) is 5.92 Å². The van der Waals surface area contributed by atoms with Gasteiger partial charge in [0, 0.05) is 12.4 Å². The van der Waals surface area contributed by atoms with Gasteiger partial charge < -0.3 is 10.7 Å². The minimum Gasteiger partial charge on any atom is -0.347 e. The van der Waals surface area contributed by atoms with Gasteiger partial charge in [-0.2, -0.15) is 0 Å². The van der Waals surface area contributed by atoms with Crippen molar-refractivity contribution in [2.45, 2.75) is 31.7 Å². The van der Waals surface area contributed by atoms with Gasteiger partial charge in [0.05, 0.1) is 5.54 Å². The Hall–Kier alpha value is -0.830. The molecule has 0 spiro atoms. The van der Waals surface area contributed by atoms with E-state index in [0.29, 0.717) is 5.92 Å². The minimum absolute atomic E-state index is 0.191. The fourth-order valence-electron chi connectivity index (χ4n) is 2.08. The van der Waals surface area contributed by atoms with E-state index in [1.165, 1.54) is 12.8 Å². The summed E-state index contributed by atoms with van der Waals surface area (Å²) in [4.78, 5) is 7.35. The lowest BCUT2D eigenvalue weighted by atomic mass is 9.89. The first-order valence-electron chi connectivity index (χ1n) is 4.52. The summed E-state index contributed by atoms with van der Waals surface area (Å²) in [6.45, 7) is 2.20. The molecule has 3 nitrogen and oxygen atoms in total. The smallest absolute Gasteiger partial charge is 0.126 e. The van der Waals surface area contributed by atoms with E-state index >= 15 is 0 Å². The van der Waals surface area contributed by atoms with Crippen molar-refractivity contribution in [1.29, 1.82) is 0 Å². The van der Waals surface area contributed by atoms with Crippen LogP contribution in [0.3, 0.4) is 0 Å². The van der Waals surface area contributed by atoms with Gasteiger partial charge in [0.1, 0.15) is 5.82 Å². The molecular formula is C9H15N3. The molecule has 3 heteroatoms. The lowest BCUT2D eigenvalue weighted by Crippen LogP contribution is -2.40. The molecule has 2 atom stereocenters. The normalized spacial score (nSPS) is 35.7. The van der Waals surface area contributed by atoms with Gasteiger partial charge in [-0.25, -0.2) is 4.98 Å². The van der Waals surface area contributed by atoms with Crippen LogP contribution in [-0.4, -0.2) is 9.97 Å². The second kappa shape index (κ2) is 2.59. The standard InChI is InChI=1S/C9H15N3/c1-7-3-2-4-9(7,10)8-11-5-6-12-8/h5-7H,2-4,10H2,1H3,(H,11,12)/t7-,9-/m1/s1. The van der Waals surface area contributed by atoms with Crippen molar-refractivity contribution in [2.75, 3.05) is 0 Å². The van der Waals surface area contributed by atoms with Crippen LogP contribution in [0.15, 0.2) is 12.4 Å². The van der Waals surface area contributed by atoms with Crippen LogP contribution in [0.2, 0.25) is 0 Å². The Balaban J connectivity index is 2.32. The molecule has 1 aliphatic rings. The van der Waals surface area contributed by atoms with E-state index in [2.05, 4.69) is 16.9 Å². The number of nitrogens with one attached hydrogen (secondary N) is 1. The Kier molecular flexibility index (Phi) is 1.68. The summed E-state index contributed by atoms with van der Waals surface area (Å²) >= 11 is 0. The first-order chi connectivity index (χ1) is 5.73. The Bertz CT molecular complexity index is 255. The summed E-state index contributed by atoms with van der Waals surface area (Å²) in [5.74, 6) is 1.50. The lowest BCUT2D eigenvalue weighted by molar-refractivity contribution is 0.331. The quantitative estimate of drug-likeness (QED) is 0.660. The van der Waals surface area contributed by atoms with Crippen LogP contribution >= 0.6 is 0 Å². The fraction of sp³-hybridized carbons (Fsp3) is 0.667. The first-order valence-corrected chi connectivity index (χ1v) is 4.52. The van der Waals surface area contributed by atoms with Crippen LogP contribution in [-0.2, 0) is 5.54 Å². The van der Waals surface area contributed by atoms with Crippen molar-refractivity contribution < 1.29 is 0 Å². The van der Waals surface area contributed by atoms with Crippen molar-refractivity contribution in [3.05, 3.63) is 18.2 Å². The van der Waals surface area contributed by atoms with Crippen LogP contribution in [0.5, 0.6) is 0 Å². The van der Waals surface area contributed by atoms with Crippen LogP contribution < -0.4 is 5.73 Å². The molecule has 66 valence electrons. The lowest BCUT2D eigenvalue weighted by Gasteiger charge is -2.26. The van der Waals surface area contributed by atoms with Crippen LogP contribution in [0.4, 0.5) is 0 Å². The SMILES string of the molecule is C[C@@H]1CCC[C@]1(N)c1ncc[nH]1. The molecule has 1 heterocycles. The van der Waals surface area contributed by atoms with Crippen LogP contribution in [0.25, 0.3) is 0 Å². The molecule has 12 heavy (non-hydrogen) atoms. The summed E-state index contributed by atoms with van der Waals surface area (Å²) in [5, 5.41) is 0. The topological polar surface area (TPSA) is 54.7 Å². The number of hydrogen-bond acceptors (Lipinski definition) is 2. The summed E-state index contributed by atoms with van der Waals surface area (Å²) < 4.78 is 0. The zero-order valence-corrected chi connectivity index (χ0v) is 7.38. The van der Waals surface area contributed by atoms with Crippen molar-refractivity contribution in [1.82, 2.24) is 9.97 Å². The molecule has 0 radical (unpaired) electrons. The molecule has 1 aromatic rings. The molecule has 1 saturated carbocycles. The molecule has 0 amide bonds. The van der Waals surface area contributed by atoms with Gasteiger partial charge in [0.2, 0.25) is 0 Å². The Labute approximate surface area is 72.4 Å². The maximum atomic E-state index is 6.27. The van der Waals surface area contributed by atoms with E-state index in [1.807, 2.05) is 6.20 Å². The average molecular weight is 165 g/mol. The number of aromatic amines is 1. The molecule has 1 fully saturated rings. The third kappa shape index (κ3) is 0.966. The van der Waals surface area contributed by atoms with Gasteiger partial charge in [0.15, 0.2) is 0 Å². The summed E-state index contributed by atoms with van der Waals surface area (Å²) in [7, 11) is 0. The highest BCUT2D eigenvalue weighted by molar-refractivity contribution is 5.09. The van der Waals surface area contributed by atoms with Gasteiger partial charge in [-0.05, 0) is 18.8 Å². The zero-order chi connectivity index (χ0) is 8.60. The van der Waals surface area contributed by atoms with E-state index in [9.17, 15) is 0 Å². The van der Waals surface area contributed by atoms with Crippen molar-refractivity contribution in [3.63, 3.8) is 0 Å². The number of rotatable bonds is 1. The Morgan fingerprint density at radius 2 is 2.58 bits per heavy atom. The van der Waals surface area contributed by atoms with Crippen molar-refractivity contribution in [2.24, 2.45) is 11.7 Å². The molecule has 0 bridgehead atoms. The van der Waals surface area contributed by atoms with Gasteiger partial charge in [0.25, 0.3) is 0 Å². The predicted molar refractivity (Wildman–Crippen MR) is 47.5 cm³/mol. The maximum Gasteiger partial charge on any atom is 0.126 e. The van der Waals surface area contributed by atoms with Crippen molar-refractivity contribution in [3.8, 4) is 0 Å². The Morgan fingerprint density at radius 1 is 1.75 bits per heavy atom. The number of aromatic nitrogens is 2. The highest BCUT2D eigenvalue weighted by atomic mass is 15.0. The van der Waals surface area contributed by atoms with Crippen molar-refractivity contribution >= 4 is 0 Å². The van der Waals surface area contributed by atoms with Gasteiger partial charge >= 0.3 is 0 Å². The molecule has 2 rings (SSSR count). The van der Waals surface area contributed by atoms with Crippen LogP contribution in [0.1, 0.15) is 32.0 Å². The predicted octanol–water partition coefficient (Wildman–Crippen LogP) is 1.38. The molecule has 0 saturated heterocycles. The van der Waals surface area contributed by atoms with E-state index in [0.717, 1.165) is 12.2 Å². The van der Waals surface area contributed by atoms with E-state index in [1.54, 1.807) is 6.20 Å². The molecular weight excluding hydrogens is 150 g/mol. The summed E-state index contributed by atoms with van der Waals surface area (Å²) in [6.07, 6.45) is 7.11. The highest BCUT2D eigenvalue weighted by Gasteiger charge is 2.39. The molecule has 1 aromatic heterocycles. The summed E-state index contributed by atoms with van der Waals surface area (Å²) in [6, 6.07) is 0. The molecule has 0 aliphatic heterocycles. The maximum absolute atomic E-state index is 6.27. The second-order valence-electron chi connectivity index (χ2n) is 3.77. The first kappa shape index (κ1) is 7.80. The number of nitrogens with two attached hydrogens (primary N) is 1. The largest absolute Gasteiger partial charge is 0.347 e. The Morgan fingerprint density at radius 3 is 3.08 bits per heavy atom. The van der Waals surface area contributed by atoms with E-state index in [4.69, 9.17) is 5.73 Å². The average Bonchev–Trinajstić information content (AvgIpc) is 2.62. The molecule has 0 aromatic carbocycles.